The summed E-state index contributed by atoms with van der Waals surface area (Å²) < 4.78 is 10.6. The van der Waals surface area contributed by atoms with Crippen LogP contribution in [0.5, 0.6) is 0 Å². The second-order valence-electron chi connectivity index (χ2n) is 2.03. The fourth-order valence-corrected chi connectivity index (χ4v) is 2.25. The van der Waals surface area contributed by atoms with Gasteiger partial charge in [-0.15, -0.1) is 0 Å². The standard InChI is InChI=1S/C5H12IN2O2/c1-7-4-3-5(8-2)10-6-9-4/h4-5,7-8H,3H2,1-2H3/q-1. The Bertz CT molecular complexity index is 93.6. The van der Waals surface area contributed by atoms with Crippen molar-refractivity contribution in [3.8, 4) is 0 Å². The van der Waals surface area contributed by atoms with Gasteiger partial charge in [0, 0.05) is 0 Å². The molecule has 2 N–H and O–H groups in total. The van der Waals surface area contributed by atoms with Gasteiger partial charge in [0.05, 0.1) is 0 Å². The van der Waals surface area contributed by atoms with Crippen molar-refractivity contribution in [2.45, 2.75) is 18.9 Å². The van der Waals surface area contributed by atoms with Gasteiger partial charge in [-0.05, 0) is 0 Å². The average Bonchev–Trinajstić information content (AvgIpc) is 2.05. The van der Waals surface area contributed by atoms with Crippen LogP contribution in [0.1, 0.15) is 6.42 Å². The molecule has 4 nitrogen and oxygen atoms in total. The van der Waals surface area contributed by atoms with E-state index in [-0.39, 0.29) is 12.5 Å². The Hall–Kier alpha value is 0.570. The SMILES string of the molecule is CNC1CC(NC)O[I-]O1. The molecule has 0 aliphatic carbocycles. The average molecular weight is 259 g/mol. The van der Waals surface area contributed by atoms with Crippen molar-refractivity contribution in [2.24, 2.45) is 0 Å². The summed E-state index contributed by atoms with van der Waals surface area (Å²) >= 11 is -0.503. The minimum atomic E-state index is -0.503. The van der Waals surface area contributed by atoms with Crippen LogP contribution in [0.3, 0.4) is 0 Å². The number of nitrogens with one attached hydrogen (secondary N) is 2. The van der Waals surface area contributed by atoms with E-state index in [2.05, 4.69) is 10.6 Å². The van der Waals surface area contributed by atoms with Crippen molar-refractivity contribution in [2.75, 3.05) is 14.1 Å². The zero-order valence-electron chi connectivity index (χ0n) is 6.06. The van der Waals surface area contributed by atoms with Crippen LogP contribution in [-0.4, -0.2) is 26.6 Å². The van der Waals surface area contributed by atoms with E-state index in [1.54, 1.807) is 0 Å². The molecule has 1 rings (SSSR count). The Morgan fingerprint density at radius 3 is 2.10 bits per heavy atom. The molecule has 1 saturated heterocycles. The molecule has 0 aromatic rings. The number of hydrogen-bond acceptors (Lipinski definition) is 4. The van der Waals surface area contributed by atoms with E-state index in [9.17, 15) is 0 Å². The third-order valence-corrected chi connectivity index (χ3v) is 3.00. The summed E-state index contributed by atoms with van der Waals surface area (Å²) in [4.78, 5) is 0. The van der Waals surface area contributed by atoms with Crippen LogP contribution in [0.25, 0.3) is 0 Å². The van der Waals surface area contributed by atoms with Gasteiger partial charge < -0.3 is 0 Å². The fraction of sp³-hybridized carbons (Fsp3) is 1.00. The van der Waals surface area contributed by atoms with Gasteiger partial charge in [0.2, 0.25) is 0 Å². The Balaban J connectivity index is 2.25. The molecule has 5 heteroatoms. The van der Waals surface area contributed by atoms with Crippen LogP contribution >= 0.6 is 0 Å². The molecule has 0 bridgehead atoms. The number of rotatable bonds is 2. The van der Waals surface area contributed by atoms with E-state index in [1.165, 1.54) is 0 Å². The Labute approximate surface area is 72.0 Å². The van der Waals surface area contributed by atoms with E-state index in [0.29, 0.717) is 0 Å². The summed E-state index contributed by atoms with van der Waals surface area (Å²) in [5.41, 5.74) is 0. The molecule has 1 aliphatic heterocycles. The normalized spacial score (nSPS) is 35.0. The van der Waals surface area contributed by atoms with Crippen LogP contribution in [0.15, 0.2) is 0 Å². The maximum absolute atomic E-state index is 5.30. The van der Waals surface area contributed by atoms with Crippen LogP contribution in [-0.2, 0) is 6.13 Å². The first-order valence-corrected chi connectivity index (χ1v) is 4.94. The van der Waals surface area contributed by atoms with Gasteiger partial charge in [-0.3, -0.25) is 0 Å². The van der Waals surface area contributed by atoms with Crippen molar-refractivity contribution in [1.82, 2.24) is 10.6 Å². The van der Waals surface area contributed by atoms with E-state index in [0.717, 1.165) is 6.42 Å². The molecular weight excluding hydrogens is 247 g/mol. The summed E-state index contributed by atoms with van der Waals surface area (Å²) in [6.45, 7) is 0. The fourth-order valence-electron chi connectivity index (χ4n) is 0.701. The second-order valence-corrected chi connectivity index (χ2v) is 3.41. The van der Waals surface area contributed by atoms with Crippen molar-refractivity contribution >= 4 is 0 Å². The molecular formula is C5H12IN2O2-. The zero-order chi connectivity index (χ0) is 7.40. The van der Waals surface area contributed by atoms with E-state index in [1.807, 2.05) is 14.1 Å². The number of halogens is 1. The second kappa shape index (κ2) is 4.45. The first-order valence-electron chi connectivity index (χ1n) is 3.17. The van der Waals surface area contributed by atoms with Gasteiger partial charge >= 0.3 is 71.8 Å². The van der Waals surface area contributed by atoms with Crippen molar-refractivity contribution in [3.63, 3.8) is 0 Å². The van der Waals surface area contributed by atoms with Gasteiger partial charge in [-0.1, -0.05) is 0 Å². The van der Waals surface area contributed by atoms with E-state index >= 15 is 0 Å². The predicted octanol–water partition coefficient (Wildman–Crippen LogP) is -3.57. The monoisotopic (exact) mass is 259 g/mol. The molecule has 2 atom stereocenters. The predicted molar refractivity (Wildman–Crippen MR) is 32.5 cm³/mol. The summed E-state index contributed by atoms with van der Waals surface area (Å²) in [6.07, 6.45) is 1.24. The summed E-state index contributed by atoms with van der Waals surface area (Å²) in [5.74, 6) is 0. The minimum absolute atomic E-state index is 0.180. The third-order valence-electron chi connectivity index (χ3n) is 1.36. The van der Waals surface area contributed by atoms with Gasteiger partial charge in [0.25, 0.3) is 0 Å². The molecule has 0 spiro atoms. The maximum atomic E-state index is 5.30. The van der Waals surface area contributed by atoms with Crippen LogP contribution in [0.2, 0.25) is 0 Å². The topological polar surface area (TPSA) is 42.5 Å². The van der Waals surface area contributed by atoms with Crippen molar-refractivity contribution < 1.29 is 28.2 Å². The van der Waals surface area contributed by atoms with E-state index in [4.69, 9.17) is 6.13 Å². The first kappa shape index (κ1) is 8.66. The van der Waals surface area contributed by atoms with Gasteiger partial charge in [-0.25, -0.2) is 0 Å². The molecule has 0 aromatic carbocycles. The van der Waals surface area contributed by atoms with Gasteiger partial charge in [-0.2, -0.15) is 0 Å². The Kier molecular flexibility index (Phi) is 3.85. The molecule has 10 heavy (non-hydrogen) atoms. The van der Waals surface area contributed by atoms with Crippen molar-refractivity contribution in [3.05, 3.63) is 0 Å². The molecule has 0 radical (unpaired) electrons. The quantitative estimate of drug-likeness (QED) is 0.504. The Morgan fingerprint density at radius 2 is 1.70 bits per heavy atom. The Morgan fingerprint density at radius 1 is 1.20 bits per heavy atom. The molecule has 1 heterocycles. The molecule has 0 aromatic heterocycles. The van der Waals surface area contributed by atoms with Gasteiger partial charge in [0.1, 0.15) is 0 Å². The molecule has 1 fully saturated rings. The third kappa shape index (κ3) is 2.31. The van der Waals surface area contributed by atoms with E-state index < -0.39 is 22.0 Å². The van der Waals surface area contributed by atoms with Crippen LogP contribution < -0.4 is 32.7 Å². The summed E-state index contributed by atoms with van der Waals surface area (Å²) in [7, 11) is 3.79. The molecule has 0 saturated carbocycles. The van der Waals surface area contributed by atoms with Gasteiger partial charge in [0.15, 0.2) is 0 Å². The molecule has 1 aliphatic rings. The first-order chi connectivity index (χ1) is 4.86. The van der Waals surface area contributed by atoms with Crippen molar-refractivity contribution in [1.29, 1.82) is 0 Å². The molecule has 2 unspecified atom stereocenters. The van der Waals surface area contributed by atoms with Crippen LogP contribution in [0.4, 0.5) is 0 Å². The van der Waals surface area contributed by atoms with Crippen LogP contribution in [0, 0.1) is 0 Å². The molecule has 0 amide bonds. The number of hydrogen-bond donors (Lipinski definition) is 2. The summed E-state index contributed by atoms with van der Waals surface area (Å²) in [5, 5.41) is 6.11. The molecule has 62 valence electrons. The zero-order valence-corrected chi connectivity index (χ0v) is 8.21. The summed E-state index contributed by atoms with van der Waals surface area (Å²) in [6, 6.07) is 0.